The predicted octanol–water partition coefficient (Wildman–Crippen LogP) is 4.28. The zero-order valence-electron chi connectivity index (χ0n) is 13.1. The van der Waals surface area contributed by atoms with E-state index < -0.39 is 0 Å². The molecule has 0 saturated heterocycles. The first-order valence-electron chi connectivity index (χ1n) is 7.82. The van der Waals surface area contributed by atoms with Crippen molar-refractivity contribution in [2.45, 2.75) is 19.5 Å². The highest BCUT2D eigenvalue weighted by Crippen LogP contribution is 2.35. The number of terminal acetylenes is 1. The van der Waals surface area contributed by atoms with Gasteiger partial charge in [0.15, 0.2) is 0 Å². The van der Waals surface area contributed by atoms with E-state index in [1.165, 1.54) is 33.5 Å². The number of hydrogen-bond acceptors (Lipinski definition) is 2. The number of allylic oxidation sites excluding steroid dienone is 1. The van der Waals surface area contributed by atoms with Crippen molar-refractivity contribution in [3.05, 3.63) is 77.3 Å². The van der Waals surface area contributed by atoms with E-state index in [-0.39, 0.29) is 6.17 Å². The fourth-order valence-electron chi connectivity index (χ4n) is 3.36. The molecule has 1 unspecified atom stereocenters. The molecule has 0 amide bonds. The number of benzene rings is 2. The van der Waals surface area contributed by atoms with Crippen LogP contribution in [-0.4, -0.2) is 4.90 Å². The summed E-state index contributed by atoms with van der Waals surface area (Å²) in [6.07, 6.45) is 12.8. The van der Waals surface area contributed by atoms with E-state index in [2.05, 4.69) is 77.9 Å². The van der Waals surface area contributed by atoms with Crippen LogP contribution >= 0.6 is 0 Å². The van der Waals surface area contributed by atoms with Crippen LogP contribution in [0.5, 0.6) is 0 Å². The molecule has 2 aliphatic rings. The van der Waals surface area contributed by atoms with Gasteiger partial charge in [0.1, 0.15) is 6.17 Å². The molecule has 2 aromatic carbocycles. The maximum Gasteiger partial charge on any atom is 0.129 e. The van der Waals surface area contributed by atoms with Crippen LogP contribution in [0.15, 0.2) is 60.6 Å². The molecule has 2 heterocycles. The van der Waals surface area contributed by atoms with Crippen LogP contribution in [0.3, 0.4) is 0 Å². The fourth-order valence-corrected chi connectivity index (χ4v) is 3.36. The fraction of sp³-hybridized carbons (Fsp3) is 0.143. The van der Waals surface area contributed by atoms with E-state index >= 15 is 0 Å². The molecule has 4 rings (SSSR count). The number of hydrogen-bond donors (Lipinski definition) is 1. The van der Waals surface area contributed by atoms with Gasteiger partial charge in [0, 0.05) is 30.1 Å². The van der Waals surface area contributed by atoms with E-state index in [1.807, 2.05) is 6.07 Å². The Morgan fingerprint density at radius 1 is 1.22 bits per heavy atom. The van der Waals surface area contributed by atoms with Crippen LogP contribution in [0.4, 0.5) is 0 Å². The molecule has 0 bridgehead atoms. The molecule has 112 valence electrons. The third-order valence-corrected chi connectivity index (χ3v) is 4.43. The molecule has 0 spiro atoms. The Morgan fingerprint density at radius 2 is 2.09 bits per heavy atom. The molecule has 0 aliphatic carbocycles. The Labute approximate surface area is 137 Å². The van der Waals surface area contributed by atoms with Gasteiger partial charge >= 0.3 is 0 Å². The standard InChI is InChI=1S/C21H18N2/c1-3-6-16-7-4-5-8-19(16)17-9-10-20-18(13-17)11-12-23-14-15(2)22-21(20)23/h1,4-5,7-14,21-22H,6H2,2H3. The highest BCUT2D eigenvalue weighted by molar-refractivity contribution is 5.73. The summed E-state index contributed by atoms with van der Waals surface area (Å²) in [6.45, 7) is 2.09. The highest BCUT2D eigenvalue weighted by atomic mass is 15.3. The SMILES string of the molecule is C#CCc1ccccc1-c1ccc2c(c1)C=CN1C=C(C)NC21. The van der Waals surface area contributed by atoms with Crippen molar-refractivity contribution in [2.75, 3.05) is 0 Å². The number of fused-ring (bicyclic) bond motifs is 3. The third-order valence-electron chi connectivity index (χ3n) is 4.43. The van der Waals surface area contributed by atoms with Crippen LogP contribution in [0.25, 0.3) is 17.2 Å². The van der Waals surface area contributed by atoms with Gasteiger partial charge in [-0.3, -0.25) is 0 Å². The maximum atomic E-state index is 5.51. The third kappa shape index (κ3) is 2.31. The quantitative estimate of drug-likeness (QED) is 0.833. The highest BCUT2D eigenvalue weighted by Gasteiger charge is 2.26. The first kappa shape index (κ1) is 13.7. The topological polar surface area (TPSA) is 15.3 Å². The summed E-state index contributed by atoms with van der Waals surface area (Å²) in [6, 6.07) is 15.0. The zero-order chi connectivity index (χ0) is 15.8. The Bertz CT molecular complexity index is 868. The van der Waals surface area contributed by atoms with Crippen LogP contribution < -0.4 is 5.32 Å². The van der Waals surface area contributed by atoms with Crippen molar-refractivity contribution in [1.82, 2.24) is 10.2 Å². The number of rotatable bonds is 2. The van der Waals surface area contributed by atoms with Gasteiger partial charge in [-0.1, -0.05) is 36.4 Å². The molecular formula is C21H18N2. The van der Waals surface area contributed by atoms with Gasteiger partial charge in [0.25, 0.3) is 0 Å². The second-order valence-corrected chi connectivity index (χ2v) is 6.00. The average Bonchev–Trinajstić information content (AvgIpc) is 2.96. The van der Waals surface area contributed by atoms with E-state index in [0.717, 1.165) is 0 Å². The normalized spacial score (nSPS) is 17.8. The van der Waals surface area contributed by atoms with Crippen LogP contribution in [0.2, 0.25) is 0 Å². The van der Waals surface area contributed by atoms with E-state index in [9.17, 15) is 0 Å². The van der Waals surface area contributed by atoms with Gasteiger partial charge in [-0.25, -0.2) is 0 Å². The molecule has 0 aromatic heterocycles. The summed E-state index contributed by atoms with van der Waals surface area (Å²) < 4.78 is 0. The first-order valence-corrected chi connectivity index (χ1v) is 7.82. The molecule has 2 aromatic rings. The first-order chi connectivity index (χ1) is 11.3. The van der Waals surface area contributed by atoms with Gasteiger partial charge in [0.05, 0.1) is 0 Å². The summed E-state index contributed by atoms with van der Waals surface area (Å²) in [5.74, 6) is 2.75. The molecular weight excluding hydrogens is 280 g/mol. The van der Waals surface area contributed by atoms with Crippen molar-refractivity contribution in [3.63, 3.8) is 0 Å². The summed E-state index contributed by atoms with van der Waals surface area (Å²) in [4.78, 5) is 2.21. The minimum Gasteiger partial charge on any atom is -0.364 e. The second kappa shape index (κ2) is 5.37. The van der Waals surface area contributed by atoms with E-state index in [0.29, 0.717) is 6.42 Å². The lowest BCUT2D eigenvalue weighted by Gasteiger charge is -2.28. The van der Waals surface area contributed by atoms with Gasteiger partial charge < -0.3 is 10.2 Å². The Morgan fingerprint density at radius 3 is 2.96 bits per heavy atom. The van der Waals surface area contributed by atoms with Crippen molar-refractivity contribution in [1.29, 1.82) is 0 Å². The summed E-state index contributed by atoms with van der Waals surface area (Å²) in [7, 11) is 0. The molecule has 23 heavy (non-hydrogen) atoms. The molecule has 2 nitrogen and oxygen atoms in total. The van der Waals surface area contributed by atoms with Gasteiger partial charge in [-0.2, -0.15) is 0 Å². The predicted molar refractivity (Wildman–Crippen MR) is 94.9 cm³/mol. The molecule has 0 saturated carbocycles. The maximum absolute atomic E-state index is 5.51. The van der Waals surface area contributed by atoms with Gasteiger partial charge in [-0.05, 0) is 41.3 Å². The Balaban J connectivity index is 1.76. The average molecular weight is 298 g/mol. The zero-order valence-corrected chi connectivity index (χ0v) is 13.1. The van der Waals surface area contributed by atoms with Crippen molar-refractivity contribution in [2.24, 2.45) is 0 Å². The van der Waals surface area contributed by atoms with Crippen molar-refractivity contribution >= 4 is 6.08 Å². The van der Waals surface area contributed by atoms with Gasteiger partial charge in [0.2, 0.25) is 0 Å². The summed E-state index contributed by atoms with van der Waals surface area (Å²) in [5.41, 5.74) is 7.39. The number of nitrogens with one attached hydrogen (secondary N) is 1. The monoisotopic (exact) mass is 298 g/mol. The number of nitrogens with zero attached hydrogens (tertiary/aromatic N) is 1. The van der Waals surface area contributed by atoms with Crippen molar-refractivity contribution in [3.8, 4) is 23.5 Å². The Kier molecular flexibility index (Phi) is 3.20. The molecule has 0 radical (unpaired) electrons. The molecule has 2 heteroatoms. The summed E-state index contributed by atoms with van der Waals surface area (Å²) >= 11 is 0. The summed E-state index contributed by atoms with van der Waals surface area (Å²) in [5, 5.41) is 3.51. The van der Waals surface area contributed by atoms with E-state index in [1.54, 1.807) is 0 Å². The largest absolute Gasteiger partial charge is 0.364 e. The van der Waals surface area contributed by atoms with E-state index in [4.69, 9.17) is 6.42 Å². The lowest BCUT2D eigenvalue weighted by atomic mass is 9.93. The second-order valence-electron chi connectivity index (χ2n) is 6.00. The minimum absolute atomic E-state index is 0.213. The van der Waals surface area contributed by atoms with Crippen LogP contribution in [-0.2, 0) is 6.42 Å². The smallest absolute Gasteiger partial charge is 0.129 e. The minimum atomic E-state index is 0.213. The lowest BCUT2D eigenvalue weighted by Crippen LogP contribution is -2.26. The Hall–Kier alpha value is -2.92. The van der Waals surface area contributed by atoms with Gasteiger partial charge in [-0.15, -0.1) is 12.3 Å². The van der Waals surface area contributed by atoms with Crippen molar-refractivity contribution < 1.29 is 0 Å². The van der Waals surface area contributed by atoms with Crippen LogP contribution in [0, 0.1) is 12.3 Å². The lowest BCUT2D eigenvalue weighted by molar-refractivity contribution is 0.370. The molecule has 0 fully saturated rings. The van der Waals surface area contributed by atoms with Crippen LogP contribution in [0.1, 0.15) is 29.8 Å². The molecule has 1 N–H and O–H groups in total. The molecule has 2 aliphatic heterocycles. The molecule has 1 atom stereocenters.